The molecule has 1 aromatic carbocycles. The number of carbonyl (C=O) groups is 1. The van der Waals surface area contributed by atoms with Crippen LogP contribution in [-0.4, -0.2) is 37.1 Å². The van der Waals surface area contributed by atoms with E-state index < -0.39 is 0 Å². The minimum Gasteiger partial charge on any atom is -0.383 e. The van der Waals surface area contributed by atoms with E-state index in [4.69, 9.17) is 4.74 Å². The summed E-state index contributed by atoms with van der Waals surface area (Å²) in [6, 6.07) is 8.42. The van der Waals surface area contributed by atoms with Gasteiger partial charge in [-0.1, -0.05) is 36.8 Å². The molecule has 0 aromatic heterocycles. The number of aryl methyl sites for hydroxylation is 1. The van der Waals surface area contributed by atoms with Crippen LogP contribution in [0.3, 0.4) is 0 Å². The summed E-state index contributed by atoms with van der Waals surface area (Å²) in [6.45, 7) is 5.13. The number of ether oxygens (including phenoxy) is 1. The van der Waals surface area contributed by atoms with E-state index in [-0.39, 0.29) is 18.1 Å². The van der Waals surface area contributed by atoms with Gasteiger partial charge in [-0.15, -0.1) is 0 Å². The van der Waals surface area contributed by atoms with E-state index in [0.29, 0.717) is 13.2 Å². The Labute approximate surface area is 114 Å². The highest BCUT2D eigenvalue weighted by Gasteiger charge is 2.35. The average Bonchev–Trinajstić information content (AvgIpc) is 2.78. The molecule has 1 N–H and O–H groups in total. The molecule has 4 nitrogen and oxygen atoms in total. The van der Waals surface area contributed by atoms with E-state index in [1.807, 2.05) is 11.0 Å². The fourth-order valence-corrected chi connectivity index (χ4v) is 2.64. The number of nitrogens with one attached hydrogen (secondary N) is 1. The van der Waals surface area contributed by atoms with Crippen molar-refractivity contribution in [1.82, 2.24) is 10.2 Å². The first-order chi connectivity index (χ1) is 9.17. The predicted molar refractivity (Wildman–Crippen MR) is 74.7 cm³/mol. The first-order valence-corrected chi connectivity index (χ1v) is 6.77. The van der Waals surface area contributed by atoms with E-state index in [0.717, 1.165) is 12.0 Å². The van der Waals surface area contributed by atoms with Gasteiger partial charge in [0.05, 0.1) is 19.2 Å². The van der Waals surface area contributed by atoms with Gasteiger partial charge >= 0.3 is 0 Å². The quantitative estimate of drug-likeness (QED) is 0.880. The second-order valence-corrected chi connectivity index (χ2v) is 5.02. The monoisotopic (exact) mass is 262 g/mol. The van der Waals surface area contributed by atoms with Crippen molar-refractivity contribution in [2.24, 2.45) is 0 Å². The topological polar surface area (TPSA) is 41.6 Å². The van der Waals surface area contributed by atoms with Crippen molar-refractivity contribution < 1.29 is 9.53 Å². The van der Waals surface area contributed by atoms with Crippen molar-refractivity contribution in [3.05, 3.63) is 35.4 Å². The van der Waals surface area contributed by atoms with E-state index in [1.54, 1.807) is 7.11 Å². The summed E-state index contributed by atoms with van der Waals surface area (Å²) in [5, 5.41) is 3.29. The lowest BCUT2D eigenvalue weighted by atomic mass is 10.1. The maximum atomic E-state index is 12.1. The molecule has 1 fully saturated rings. The summed E-state index contributed by atoms with van der Waals surface area (Å²) in [6.07, 6.45) is 0.858. The van der Waals surface area contributed by atoms with Gasteiger partial charge < -0.3 is 9.64 Å². The Hall–Kier alpha value is -1.39. The van der Waals surface area contributed by atoms with Crippen molar-refractivity contribution in [2.45, 2.75) is 32.5 Å². The molecule has 2 atom stereocenters. The van der Waals surface area contributed by atoms with Gasteiger partial charge in [0.25, 0.3) is 0 Å². The van der Waals surface area contributed by atoms with Gasteiger partial charge in [0.2, 0.25) is 5.91 Å². The maximum absolute atomic E-state index is 12.1. The van der Waals surface area contributed by atoms with E-state index >= 15 is 0 Å². The third-order valence-electron chi connectivity index (χ3n) is 3.59. The maximum Gasteiger partial charge on any atom is 0.238 e. The lowest BCUT2D eigenvalue weighted by Crippen LogP contribution is -2.41. The van der Waals surface area contributed by atoms with Crippen LogP contribution in [0.25, 0.3) is 0 Å². The minimum absolute atomic E-state index is 0.0347. The molecular formula is C15H22N2O2. The van der Waals surface area contributed by atoms with E-state index in [1.165, 1.54) is 5.56 Å². The van der Waals surface area contributed by atoms with Crippen molar-refractivity contribution >= 4 is 5.91 Å². The van der Waals surface area contributed by atoms with Crippen LogP contribution in [0.15, 0.2) is 24.3 Å². The Morgan fingerprint density at radius 1 is 1.53 bits per heavy atom. The Morgan fingerprint density at radius 3 is 2.95 bits per heavy atom. The Balaban J connectivity index is 2.26. The molecule has 1 heterocycles. The van der Waals surface area contributed by atoms with Crippen molar-refractivity contribution in [3.63, 3.8) is 0 Å². The SMILES string of the molecule is CCC(COC)N1C(=O)CNC1c1cccc(C)c1. The fourth-order valence-electron chi connectivity index (χ4n) is 2.64. The first kappa shape index (κ1) is 14.0. The number of hydrogen-bond acceptors (Lipinski definition) is 3. The van der Waals surface area contributed by atoms with Crippen LogP contribution in [0.1, 0.15) is 30.6 Å². The first-order valence-electron chi connectivity index (χ1n) is 6.77. The second-order valence-electron chi connectivity index (χ2n) is 5.02. The lowest BCUT2D eigenvalue weighted by molar-refractivity contribution is -0.131. The van der Waals surface area contributed by atoms with Crippen molar-refractivity contribution in [2.75, 3.05) is 20.3 Å². The zero-order valence-electron chi connectivity index (χ0n) is 11.8. The molecule has 4 heteroatoms. The normalized spacial score (nSPS) is 20.9. The molecule has 104 valence electrons. The third-order valence-corrected chi connectivity index (χ3v) is 3.59. The predicted octanol–water partition coefficient (Wildman–Crippen LogP) is 1.85. The molecule has 1 aliphatic rings. The number of carbonyl (C=O) groups excluding carboxylic acids is 1. The molecular weight excluding hydrogens is 240 g/mol. The van der Waals surface area contributed by atoms with Crippen LogP contribution in [0.2, 0.25) is 0 Å². The van der Waals surface area contributed by atoms with Crippen LogP contribution >= 0.6 is 0 Å². The molecule has 1 saturated heterocycles. The van der Waals surface area contributed by atoms with Gasteiger partial charge in [0.1, 0.15) is 6.17 Å². The number of amides is 1. The number of rotatable bonds is 5. The smallest absolute Gasteiger partial charge is 0.238 e. The van der Waals surface area contributed by atoms with Gasteiger partial charge in [-0.2, -0.15) is 0 Å². The molecule has 0 aliphatic carbocycles. The van der Waals surface area contributed by atoms with Gasteiger partial charge in [0, 0.05) is 7.11 Å². The van der Waals surface area contributed by atoms with Crippen LogP contribution in [0, 0.1) is 6.92 Å². The fraction of sp³-hybridized carbons (Fsp3) is 0.533. The number of methoxy groups -OCH3 is 1. The summed E-state index contributed by atoms with van der Waals surface area (Å²) in [7, 11) is 1.68. The summed E-state index contributed by atoms with van der Waals surface area (Å²) in [5.41, 5.74) is 2.35. The summed E-state index contributed by atoms with van der Waals surface area (Å²) >= 11 is 0. The molecule has 0 saturated carbocycles. The largest absolute Gasteiger partial charge is 0.383 e. The van der Waals surface area contributed by atoms with Crippen molar-refractivity contribution in [3.8, 4) is 0 Å². The van der Waals surface area contributed by atoms with E-state index in [2.05, 4.69) is 37.4 Å². The highest BCUT2D eigenvalue weighted by molar-refractivity contribution is 5.81. The third kappa shape index (κ3) is 2.96. The zero-order chi connectivity index (χ0) is 13.8. The second kappa shape index (κ2) is 6.17. The van der Waals surface area contributed by atoms with Crippen LogP contribution in [-0.2, 0) is 9.53 Å². The molecule has 0 spiro atoms. The van der Waals surface area contributed by atoms with Crippen molar-refractivity contribution in [1.29, 1.82) is 0 Å². The van der Waals surface area contributed by atoms with Gasteiger partial charge in [-0.3, -0.25) is 10.1 Å². The van der Waals surface area contributed by atoms with Gasteiger partial charge in [-0.25, -0.2) is 0 Å². The highest BCUT2D eigenvalue weighted by atomic mass is 16.5. The molecule has 2 unspecified atom stereocenters. The number of hydrogen-bond donors (Lipinski definition) is 1. The highest BCUT2D eigenvalue weighted by Crippen LogP contribution is 2.26. The van der Waals surface area contributed by atoms with Gasteiger partial charge in [-0.05, 0) is 18.9 Å². The molecule has 0 bridgehead atoms. The minimum atomic E-state index is -0.0347. The average molecular weight is 262 g/mol. The summed E-state index contributed by atoms with van der Waals surface area (Å²) < 4.78 is 5.24. The Kier molecular flexibility index (Phi) is 4.56. The lowest BCUT2D eigenvalue weighted by Gasteiger charge is -2.32. The zero-order valence-corrected chi connectivity index (χ0v) is 11.8. The molecule has 1 aliphatic heterocycles. The van der Waals surface area contributed by atoms with Crippen LogP contribution in [0.5, 0.6) is 0 Å². The Bertz CT molecular complexity index is 448. The number of nitrogens with zero attached hydrogens (tertiary/aromatic N) is 1. The van der Waals surface area contributed by atoms with E-state index in [9.17, 15) is 4.79 Å². The molecule has 1 amide bonds. The standard InChI is InChI=1S/C15H22N2O2/c1-4-13(10-19-3)17-14(18)9-16-15(17)12-7-5-6-11(2)8-12/h5-8,13,15-16H,4,9-10H2,1-3H3. The summed E-state index contributed by atoms with van der Waals surface area (Å²) in [5.74, 6) is 0.149. The van der Waals surface area contributed by atoms with Crippen LogP contribution < -0.4 is 5.32 Å². The molecule has 0 radical (unpaired) electrons. The Morgan fingerprint density at radius 2 is 2.32 bits per heavy atom. The summed E-state index contributed by atoms with van der Waals surface area (Å²) in [4.78, 5) is 14.1. The molecule has 2 rings (SSSR count). The molecule has 19 heavy (non-hydrogen) atoms. The molecule has 1 aromatic rings. The number of benzene rings is 1. The van der Waals surface area contributed by atoms with Crippen LogP contribution in [0.4, 0.5) is 0 Å². The van der Waals surface area contributed by atoms with Gasteiger partial charge in [0.15, 0.2) is 0 Å².